The van der Waals surface area contributed by atoms with E-state index in [9.17, 15) is 4.79 Å². The van der Waals surface area contributed by atoms with E-state index in [1.54, 1.807) is 6.20 Å². The smallest absolute Gasteiger partial charge is 0.307 e. The molecule has 86 valence electrons. The van der Waals surface area contributed by atoms with Crippen LogP contribution in [0.1, 0.15) is 24.3 Å². The maximum Gasteiger partial charge on any atom is 0.307 e. The molecule has 1 N–H and O–H groups in total. The number of hydrogen-bond donors (Lipinski definition) is 1. The summed E-state index contributed by atoms with van der Waals surface area (Å²) in [6.07, 6.45) is 5.35. The fourth-order valence-corrected chi connectivity index (χ4v) is 2.63. The van der Waals surface area contributed by atoms with Crippen LogP contribution in [0.2, 0.25) is 0 Å². The van der Waals surface area contributed by atoms with E-state index in [1.165, 1.54) is 0 Å². The highest BCUT2D eigenvalue weighted by Crippen LogP contribution is 2.44. The number of fused-ring (bicyclic) bond motifs is 1. The second-order valence-electron chi connectivity index (χ2n) is 4.57. The van der Waals surface area contributed by atoms with E-state index in [-0.39, 0.29) is 11.8 Å². The van der Waals surface area contributed by atoms with Gasteiger partial charge in [0.25, 0.3) is 0 Å². The molecule has 0 amide bonds. The van der Waals surface area contributed by atoms with Crippen molar-refractivity contribution in [1.29, 1.82) is 0 Å². The standard InChI is InChI=1S/C14H13NO2/c16-14(17)12-5-4-11(12)10-3-1-2-9-6-7-15-8-13(9)10/h1-3,6-8,11-12H,4-5H2,(H,16,17). The second kappa shape index (κ2) is 3.84. The topological polar surface area (TPSA) is 50.2 Å². The Morgan fingerprint density at radius 3 is 2.88 bits per heavy atom. The molecule has 3 heteroatoms. The van der Waals surface area contributed by atoms with E-state index >= 15 is 0 Å². The molecule has 2 aromatic rings. The van der Waals surface area contributed by atoms with Gasteiger partial charge >= 0.3 is 5.97 Å². The van der Waals surface area contributed by atoms with Crippen molar-refractivity contribution in [2.24, 2.45) is 5.92 Å². The number of carboxylic acids is 1. The van der Waals surface area contributed by atoms with E-state index in [0.29, 0.717) is 0 Å². The predicted octanol–water partition coefficient (Wildman–Crippen LogP) is 2.81. The number of pyridine rings is 1. The van der Waals surface area contributed by atoms with Crippen molar-refractivity contribution in [3.63, 3.8) is 0 Å². The quantitative estimate of drug-likeness (QED) is 0.858. The highest BCUT2D eigenvalue weighted by atomic mass is 16.4. The molecule has 1 aliphatic rings. The molecular formula is C14H13NO2. The molecule has 3 rings (SSSR count). The van der Waals surface area contributed by atoms with Crippen molar-refractivity contribution < 1.29 is 9.90 Å². The van der Waals surface area contributed by atoms with Crippen molar-refractivity contribution in [2.45, 2.75) is 18.8 Å². The number of aliphatic carboxylic acids is 1. The van der Waals surface area contributed by atoms with Gasteiger partial charge in [-0.15, -0.1) is 0 Å². The van der Waals surface area contributed by atoms with Crippen molar-refractivity contribution >= 4 is 16.7 Å². The van der Waals surface area contributed by atoms with E-state index in [0.717, 1.165) is 29.2 Å². The third-order valence-electron chi connectivity index (χ3n) is 3.71. The van der Waals surface area contributed by atoms with Gasteiger partial charge in [0.1, 0.15) is 0 Å². The van der Waals surface area contributed by atoms with Gasteiger partial charge in [-0.05, 0) is 35.8 Å². The van der Waals surface area contributed by atoms with Crippen molar-refractivity contribution in [3.8, 4) is 0 Å². The van der Waals surface area contributed by atoms with Crippen LogP contribution in [0.5, 0.6) is 0 Å². The third kappa shape index (κ3) is 1.58. The van der Waals surface area contributed by atoms with Crippen molar-refractivity contribution in [2.75, 3.05) is 0 Å². The lowest BCUT2D eigenvalue weighted by Gasteiger charge is -2.34. The van der Waals surface area contributed by atoms with Gasteiger partial charge in [0, 0.05) is 17.8 Å². The first-order valence-corrected chi connectivity index (χ1v) is 5.83. The molecule has 3 nitrogen and oxygen atoms in total. The normalized spacial score (nSPS) is 23.3. The molecule has 0 bridgehead atoms. The summed E-state index contributed by atoms with van der Waals surface area (Å²) >= 11 is 0. The van der Waals surface area contributed by atoms with Gasteiger partial charge in [0.15, 0.2) is 0 Å². The van der Waals surface area contributed by atoms with E-state index in [4.69, 9.17) is 5.11 Å². The lowest BCUT2D eigenvalue weighted by Crippen LogP contribution is -2.31. The average molecular weight is 227 g/mol. The number of carboxylic acid groups (broad SMARTS) is 1. The Bertz CT molecular complexity index is 574. The van der Waals surface area contributed by atoms with Gasteiger partial charge in [-0.3, -0.25) is 9.78 Å². The molecule has 2 unspecified atom stereocenters. The molecule has 17 heavy (non-hydrogen) atoms. The minimum atomic E-state index is -0.679. The van der Waals surface area contributed by atoms with Gasteiger partial charge in [0.2, 0.25) is 0 Å². The first-order chi connectivity index (χ1) is 8.27. The number of carbonyl (C=O) groups is 1. The highest BCUT2D eigenvalue weighted by Gasteiger charge is 2.38. The Kier molecular flexibility index (Phi) is 2.32. The SMILES string of the molecule is O=C(O)C1CCC1c1cccc2ccncc12. The van der Waals surface area contributed by atoms with Gasteiger partial charge in [-0.2, -0.15) is 0 Å². The van der Waals surface area contributed by atoms with Crippen LogP contribution in [-0.2, 0) is 4.79 Å². The van der Waals surface area contributed by atoms with Crippen LogP contribution in [0.15, 0.2) is 36.7 Å². The van der Waals surface area contributed by atoms with Gasteiger partial charge in [-0.1, -0.05) is 18.2 Å². The number of benzene rings is 1. The second-order valence-corrected chi connectivity index (χ2v) is 4.57. The minimum Gasteiger partial charge on any atom is -0.481 e. The molecule has 1 heterocycles. The van der Waals surface area contributed by atoms with Crippen LogP contribution in [0.25, 0.3) is 10.8 Å². The summed E-state index contributed by atoms with van der Waals surface area (Å²) in [6, 6.07) is 8.03. The summed E-state index contributed by atoms with van der Waals surface area (Å²) in [5.74, 6) is -0.747. The van der Waals surface area contributed by atoms with Crippen LogP contribution in [0, 0.1) is 5.92 Å². The van der Waals surface area contributed by atoms with Gasteiger partial charge in [-0.25, -0.2) is 0 Å². The Labute approximate surface area is 99.1 Å². The average Bonchev–Trinajstić information content (AvgIpc) is 2.27. The monoisotopic (exact) mass is 227 g/mol. The Balaban J connectivity index is 2.09. The molecule has 1 fully saturated rings. The zero-order valence-electron chi connectivity index (χ0n) is 9.34. The number of aromatic nitrogens is 1. The molecule has 0 radical (unpaired) electrons. The zero-order chi connectivity index (χ0) is 11.8. The van der Waals surface area contributed by atoms with E-state index in [2.05, 4.69) is 4.98 Å². The van der Waals surface area contributed by atoms with Crippen molar-refractivity contribution in [3.05, 3.63) is 42.2 Å². The van der Waals surface area contributed by atoms with Crippen molar-refractivity contribution in [1.82, 2.24) is 4.98 Å². The van der Waals surface area contributed by atoms with Crippen LogP contribution < -0.4 is 0 Å². The molecule has 0 saturated heterocycles. The van der Waals surface area contributed by atoms with Crippen LogP contribution in [0.3, 0.4) is 0 Å². The highest BCUT2D eigenvalue weighted by molar-refractivity contribution is 5.86. The summed E-state index contributed by atoms with van der Waals surface area (Å²) in [5, 5.41) is 11.3. The van der Waals surface area contributed by atoms with Gasteiger partial charge < -0.3 is 5.11 Å². The number of rotatable bonds is 2. The molecule has 0 aliphatic heterocycles. The molecule has 0 spiro atoms. The third-order valence-corrected chi connectivity index (χ3v) is 3.71. The van der Waals surface area contributed by atoms with Crippen LogP contribution in [-0.4, -0.2) is 16.1 Å². The zero-order valence-corrected chi connectivity index (χ0v) is 9.34. The fourth-order valence-electron chi connectivity index (χ4n) is 2.63. The van der Waals surface area contributed by atoms with Gasteiger partial charge in [0.05, 0.1) is 5.92 Å². The molecule has 1 aromatic heterocycles. The van der Waals surface area contributed by atoms with E-state index in [1.807, 2.05) is 30.5 Å². The minimum absolute atomic E-state index is 0.153. The Morgan fingerprint density at radius 1 is 1.29 bits per heavy atom. The molecule has 1 aliphatic carbocycles. The molecule has 2 atom stereocenters. The molecule has 1 aromatic carbocycles. The maximum atomic E-state index is 11.1. The summed E-state index contributed by atoms with van der Waals surface area (Å²) < 4.78 is 0. The lowest BCUT2D eigenvalue weighted by molar-refractivity contribution is -0.145. The lowest BCUT2D eigenvalue weighted by atomic mass is 9.69. The largest absolute Gasteiger partial charge is 0.481 e. The summed E-state index contributed by atoms with van der Waals surface area (Å²) in [7, 11) is 0. The number of nitrogens with zero attached hydrogens (tertiary/aromatic N) is 1. The maximum absolute atomic E-state index is 11.1. The first kappa shape index (κ1) is 10.3. The van der Waals surface area contributed by atoms with E-state index < -0.39 is 5.97 Å². The fraction of sp³-hybridized carbons (Fsp3) is 0.286. The van der Waals surface area contributed by atoms with Crippen LogP contribution in [0.4, 0.5) is 0 Å². The van der Waals surface area contributed by atoms with Crippen LogP contribution >= 0.6 is 0 Å². The summed E-state index contributed by atoms with van der Waals surface area (Å²) in [4.78, 5) is 15.2. The summed E-state index contributed by atoms with van der Waals surface area (Å²) in [6.45, 7) is 0. The Hall–Kier alpha value is -1.90. The molecular weight excluding hydrogens is 214 g/mol. The summed E-state index contributed by atoms with van der Waals surface area (Å²) in [5.41, 5.74) is 1.13. The number of hydrogen-bond acceptors (Lipinski definition) is 2. The predicted molar refractivity (Wildman–Crippen MR) is 64.8 cm³/mol. The Morgan fingerprint density at radius 2 is 2.18 bits per heavy atom. The molecule has 1 saturated carbocycles. The first-order valence-electron chi connectivity index (χ1n) is 5.83.